The third-order valence-corrected chi connectivity index (χ3v) is 2.10. The molecule has 0 fully saturated rings. The molecule has 3 heteroatoms. The summed E-state index contributed by atoms with van der Waals surface area (Å²) < 4.78 is 0. The van der Waals surface area contributed by atoms with Crippen molar-refractivity contribution in [3.8, 4) is 17.3 Å². The standard InChI is InChI=1S/C12H9N3/c13-8-9-4-5-10(14)7-11(9)12-3-1-2-6-15-12/h1-7H,14H2. The highest BCUT2D eigenvalue weighted by atomic mass is 14.7. The van der Waals surface area contributed by atoms with Crippen LogP contribution < -0.4 is 5.73 Å². The summed E-state index contributed by atoms with van der Waals surface area (Å²) in [6.45, 7) is 0. The van der Waals surface area contributed by atoms with Crippen molar-refractivity contribution in [1.82, 2.24) is 4.98 Å². The van der Waals surface area contributed by atoms with E-state index in [1.807, 2.05) is 18.2 Å². The van der Waals surface area contributed by atoms with Crippen LogP contribution >= 0.6 is 0 Å². The molecule has 0 amide bonds. The van der Waals surface area contributed by atoms with Gasteiger partial charge in [-0.3, -0.25) is 4.98 Å². The van der Waals surface area contributed by atoms with Crippen LogP contribution in [0.2, 0.25) is 0 Å². The number of nitrogens with two attached hydrogens (primary N) is 1. The SMILES string of the molecule is N#Cc1ccc(N)cc1-c1ccccn1. The maximum absolute atomic E-state index is 8.95. The maximum Gasteiger partial charge on any atom is 0.0998 e. The van der Waals surface area contributed by atoms with E-state index in [1.54, 1.807) is 24.4 Å². The van der Waals surface area contributed by atoms with Crippen molar-refractivity contribution in [2.24, 2.45) is 0 Å². The topological polar surface area (TPSA) is 62.7 Å². The molecule has 72 valence electrons. The average Bonchev–Trinajstić information content (AvgIpc) is 2.30. The average molecular weight is 195 g/mol. The van der Waals surface area contributed by atoms with Crippen LogP contribution in [0, 0.1) is 11.3 Å². The molecule has 0 spiro atoms. The van der Waals surface area contributed by atoms with E-state index in [0.29, 0.717) is 11.3 Å². The number of hydrogen-bond acceptors (Lipinski definition) is 3. The third kappa shape index (κ3) is 1.79. The Balaban J connectivity index is 2.62. The lowest BCUT2D eigenvalue weighted by molar-refractivity contribution is 1.32. The Bertz CT molecular complexity index is 512. The van der Waals surface area contributed by atoms with Gasteiger partial charge in [-0.15, -0.1) is 0 Å². The normalized spacial score (nSPS) is 9.53. The van der Waals surface area contributed by atoms with E-state index in [4.69, 9.17) is 11.0 Å². The summed E-state index contributed by atoms with van der Waals surface area (Å²) in [6, 6.07) is 12.9. The van der Waals surface area contributed by atoms with Crippen LogP contribution in [-0.4, -0.2) is 4.98 Å². The number of rotatable bonds is 1. The fourth-order valence-electron chi connectivity index (χ4n) is 1.39. The molecule has 1 aromatic heterocycles. The van der Waals surface area contributed by atoms with Gasteiger partial charge in [0, 0.05) is 17.4 Å². The first-order chi connectivity index (χ1) is 7.31. The highest BCUT2D eigenvalue weighted by molar-refractivity contribution is 5.71. The number of nitriles is 1. The molecule has 0 aliphatic heterocycles. The largest absolute Gasteiger partial charge is 0.399 e. The summed E-state index contributed by atoms with van der Waals surface area (Å²) in [7, 11) is 0. The van der Waals surface area contributed by atoms with E-state index in [9.17, 15) is 0 Å². The van der Waals surface area contributed by atoms with Gasteiger partial charge >= 0.3 is 0 Å². The highest BCUT2D eigenvalue weighted by Gasteiger charge is 2.05. The van der Waals surface area contributed by atoms with Crippen LogP contribution in [0.1, 0.15) is 5.56 Å². The Morgan fingerprint density at radius 1 is 1.20 bits per heavy atom. The van der Waals surface area contributed by atoms with Crippen molar-refractivity contribution in [2.75, 3.05) is 5.73 Å². The Hall–Kier alpha value is -2.34. The van der Waals surface area contributed by atoms with E-state index in [2.05, 4.69) is 11.1 Å². The van der Waals surface area contributed by atoms with Gasteiger partial charge in [-0.05, 0) is 30.3 Å². The molecule has 2 rings (SSSR count). The molecule has 1 aromatic carbocycles. The van der Waals surface area contributed by atoms with E-state index in [0.717, 1.165) is 11.3 Å². The van der Waals surface area contributed by atoms with Gasteiger partial charge in [0.1, 0.15) is 0 Å². The first-order valence-electron chi connectivity index (χ1n) is 4.52. The molecule has 0 aliphatic carbocycles. The molecule has 2 N–H and O–H groups in total. The molecule has 0 saturated carbocycles. The van der Waals surface area contributed by atoms with Crippen molar-refractivity contribution in [1.29, 1.82) is 5.26 Å². The number of anilines is 1. The van der Waals surface area contributed by atoms with Gasteiger partial charge < -0.3 is 5.73 Å². The number of aromatic nitrogens is 1. The maximum atomic E-state index is 8.95. The van der Waals surface area contributed by atoms with Crippen molar-refractivity contribution in [3.05, 3.63) is 48.2 Å². The van der Waals surface area contributed by atoms with E-state index >= 15 is 0 Å². The molecule has 1 heterocycles. The lowest BCUT2D eigenvalue weighted by Gasteiger charge is -2.03. The summed E-state index contributed by atoms with van der Waals surface area (Å²) in [5, 5.41) is 8.95. The van der Waals surface area contributed by atoms with Crippen molar-refractivity contribution < 1.29 is 0 Å². The van der Waals surface area contributed by atoms with Crippen LogP contribution in [0.3, 0.4) is 0 Å². The first kappa shape index (κ1) is 9.22. The molecule has 3 nitrogen and oxygen atoms in total. The first-order valence-corrected chi connectivity index (χ1v) is 4.52. The number of pyridine rings is 1. The molecule has 0 unspecified atom stereocenters. The van der Waals surface area contributed by atoms with Gasteiger partial charge in [-0.25, -0.2) is 0 Å². The molecule has 0 saturated heterocycles. The molecule has 2 aromatic rings. The van der Waals surface area contributed by atoms with Gasteiger partial charge in [0.25, 0.3) is 0 Å². The number of nitrogens with zero attached hydrogens (tertiary/aromatic N) is 2. The predicted molar refractivity (Wildman–Crippen MR) is 58.8 cm³/mol. The number of benzene rings is 1. The molecule has 0 atom stereocenters. The van der Waals surface area contributed by atoms with Crippen LogP contribution in [0.4, 0.5) is 5.69 Å². The second-order valence-electron chi connectivity index (χ2n) is 3.13. The van der Waals surface area contributed by atoms with Gasteiger partial charge in [0.15, 0.2) is 0 Å². The summed E-state index contributed by atoms with van der Waals surface area (Å²) in [5.41, 5.74) is 8.44. The molecular formula is C12H9N3. The lowest BCUT2D eigenvalue weighted by atomic mass is 10.0. The Kier molecular flexibility index (Phi) is 2.34. The second-order valence-corrected chi connectivity index (χ2v) is 3.13. The molecule has 15 heavy (non-hydrogen) atoms. The van der Waals surface area contributed by atoms with Gasteiger partial charge in [-0.1, -0.05) is 6.07 Å². The zero-order chi connectivity index (χ0) is 10.7. The zero-order valence-corrected chi connectivity index (χ0v) is 8.01. The van der Waals surface area contributed by atoms with E-state index in [-0.39, 0.29) is 0 Å². The van der Waals surface area contributed by atoms with Crippen LogP contribution in [0.15, 0.2) is 42.6 Å². The summed E-state index contributed by atoms with van der Waals surface area (Å²) >= 11 is 0. The van der Waals surface area contributed by atoms with Gasteiger partial charge in [0.2, 0.25) is 0 Å². The predicted octanol–water partition coefficient (Wildman–Crippen LogP) is 2.20. The van der Waals surface area contributed by atoms with Crippen molar-refractivity contribution in [3.63, 3.8) is 0 Å². The smallest absolute Gasteiger partial charge is 0.0998 e. The second kappa shape index (κ2) is 3.81. The van der Waals surface area contributed by atoms with E-state index in [1.165, 1.54) is 0 Å². The fourth-order valence-corrected chi connectivity index (χ4v) is 1.39. The van der Waals surface area contributed by atoms with Gasteiger partial charge in [0.05, 0.1) is 17.3 Å². The summed E-state index contributed by atoms with van der Waals surface area (Å²) in [4.78, 5) is 4.19. The molecular weight excluding hydrogens is 186 g/mol. The highest BCUT2D eigenvalue weighted by Crippen LogP contribution is 2.23. The van der Waals surface area contributed by atoms with Crippen LogP contribution in [-0.2, 0) is 0 Å². The van der Waals surface area contributed by atoms with Crippen LogP contribution in [0.25, 0.3) is 11.3 Å². The van der Waals surface area contributed by atoms with Crippen molar-refractivity contribution >= 4 is 5.69 Å². The minimum Gasteiger partial charge on any atom is -0.399 e. The third-order valence-electron chi connectivity index (χ3n) is 2.10. The minimum absolute atomic E-state index is 0.586. The number of nitrogen functional groups attached to an aromatic ring is 1. The monoisotopic (exact) mass is 195 g/mol. The lowest BCUT2D eigenvalue weighted by Crippen LogP contribution is -1.90. The minimum atomic E-state index is 0.586. The zero-order valence-electron chi connectivity index (χ0n) is 8.01. The summed E-state index contributed by atoms with van der Waals surface area (Å²) in [6.07, 6.45) is 1.69. The Morgan fingerprint density at radius 2 is 2.07 bits per heavy atom. The molecule has 0 radical (unpaired) electrons. The Labute approximate surface area is 87.8 Å². The number of hydrogen-bond donors (Lipinski definition) is 1. The quantitative estimate of drug-likeness (QED) is 0.709. The van der Waals surface area contributed by atoms with Gasteiger partial charge in [-0.2, -0.15) is 5.26 Å². The summed E-state index contributed by atoms with van der Waals surface area (Å²) in [5.74, 6) is 0. The fraction of sp³-hybridized carbons (Fsp3) is 0. The molecule has 0 aliphatic rings. The molecule has 0 bridgehead atoms. The Morgan fingerprint density at radius 3 is 2.73 bits per heavy atom. The van der Waals surface area contributed by atoms with Crippen LogP contribution in [0.5, 0.6) is 0 Å². The van der Waals surface area contributed by atoms with E-state index < -0.39 is 0 Å². The van der Waals surface area contributed by atoms with Crippen molar-refractivity contribution in [2.45, 2.75) is 0 Å².